The summed E-state index contributed by atoms with van der Waals surface area (Å²) in [5.74, 6) is 0.529. The van der Waals surface area contributed by atoms with Gasteiger partial charge in [0.05, 0.1) is 12.8 Å². The van der Waals surface area contributed by atoms with Crippen LogP contribution >= 0.6 is 0 Å². The quantitative estimate of drug-likeness (QED) is 0.548. The van der Waals surface area contributed by atoms with Crippen LogP contribution in [-0.2, 0) is 16.0 Å². The van der Waals surface area contributed by atoms with E-state index in [2.05, 4.69) is 20.8 Å². The molecule has 8 nitrogen and oxygen atoms in total. The van der Waals surface area contributed by atoms with Gasteiger partial charge in [0.15, 0.2) is 0 Å². The van der Waals surface area contributed by atoms with E-state index in [-0.39, 0.29) is 6.04 Å². The van der Waals surface area contributed by atoms with Crippen LogP contribution in [0.3, 0.4) is 0 Å². The molecule has 1 aromatic rings. The second-order valence-electron chi connectivity index (χ2n) is 6.36. The van der Waals surface area contributed by atoms with Crippen molar-refractivity contribution in [2.24, 2.45) is 5.73 Å². The lowest BCUT2D eigenvalue weighted by Gasteiger charge is -2.20. The van der Waals surface area contributed by atoms with Gasteiger partial charge in [-0.05, 0) is 40.2 Å². The topological polar surface area (TPSA) is 114 Å². The number of carbonyl (C=O) groups excluding carboxylic acids is 1. The van der Waals surface area contributed by atoms with Gasteiger partial charge in [0.25, 0.3) is 0 Å². The SMILES string of the molecule is COCC(CCCN)NCc1cn[nH]c1NC(=O)OC(C)(C)C. The summed E-state index contributed by atoms with van der Waals surface area (Å²) in [6, 6.07) is 0.202. The van der Waals surface area contributed by atoms with Gasteiger partial charge in [-0.2, -0.15) is 5.10 Å². The lowest BCUT2D eigenvalue weighted by atomic mass is 10.1. The molecule has 0 aliphatic heterocycles. The summed E-state index contributed by atoms with van der Waals surface area (Å²) in [4.78, 5) is 11.8. The zero-order valence-electron chi connectivity index (χ0n) is 14.4. The zero-order valence-corrected chi connectivity index (χ0v) is 14.4. The van der Waals surface area contributed by atoms with E-state index >= 15 is 0 Å². The van der Waals surface area contributed by atoms with Gasteiger partial charge >= 0.3 is 6.09 Å². The summed E-state index contributed by atoms with van der Waals surface area (Å²) in [6.45, 7) is 7.25. The summed E-state index contributed by atoms with van der Waals surface area (Å²) in [7, 11) is 1.67. The third kappa shape index (κ3) is 7.96. The molecule has 0 spiro atoms. The van der Waals surface area contributed by atoms with Crippen LogP contribution in [0.15, 0.2) is 6.20 Å². The Balaban J connectivity index is 2.55. The highest BCUT2D eigenvalue weighted by atomic mass is 16.6. The van der Waals surface area contributed by atoms with Gasteiger partial charge < -0.3 is 20.5 Å². The molecule has 0 saturated carbocycles. The number of aromatic nitrogens is 2. The maximum Gasteiger partial charge on any atom is 0.413 e. The van der Waals surface area contributed by atoms with Crippen LogP contribution in [0.1, 0.15) is 39.2 Å². The number of carbonyl (C=O) groups is 1. The lowest BCUT2D eigenvalue weighted by molar-refractivity contribution is 0.0635. The Bertz CT molecular complexity index is 470. The third-order valence-corrected chi connectivity index (χ3v) is 3.05. The van der Waals surface area contributed by atoms with Crippen LogP contribution < -0.4 is 16.4 Å². The summed E-state index contributed by atoms with van der Waals surface area (Å²) in [5, 5.41) is 12.8. The van der Waals surface area contributed by atoms with E-state index in [9.17, 15) is 4.79 Å². The number of aromatic amines is 1. The van der Waals surface area contributed by atoms with Gasteiger partial charge in [0.1, 0.15) is 11.4 Å². The molecule has 0 radical (unpaired) electrons. The predicted octanol–water partition coefficient (Wildman–Crippen LogP) is 1.60. The molecule has 5 N–H and O–H groups in total. The van der Waals surface area contributed by atoms with Crippen molar-refractivity contribution in [3.05, 3.63) is 11.8 Å². The predicted molar refractivity (Wildman–Crippen MR) is 89.2 cm³/mol. The number of hydrogen-bond acceptors (Lipinski definition) is 6. The molecular weight excluding hydrogens is 298 g/mol. The first-order chi connectivity index (χ1) is 10.9. The number of ether oxygens (including phenoxy) is 2. The van der Waals surface area contributed by atoms with E-state index in [0.717, 1.165) is 18.4 Å². The molecule has 1 aromatic heterocycles. The molecule has 1 unspecified atom stereocenters. The highest BCUT2D eigenvalue weighted by Crippen LogP contribution is 2.14. The molecule has 0 bridgehead atoms. The molecule has 8 heteroatoms. The Morgan fingerprint density at radius 3 is 2.83 bits per heavy atom. The second kappa shape index (κ2) is 9.49. The summed E-state index contributed by atoms with van der Waals surface area (Å²) in [6.07, 6.45) is 3.01. The standard InChI is InChI=1S/C15H29N5O3/c1-15(2,3)23-14(21)19-13-11(9-18-20-13)8-17-12(10-22-4)6-5-7-16/h9,12,17H,5-8,10,16H2,1-4H3,(H2,18,19,20,21). The molecule has 0 saturated heterocycles. The Morgan fingerprint density at radius 1 is 1.48 bits per heavy atom. The number of H-pyrrole nitrogens is 1. The number of amides is 1. The van der Waals surface area contributed by atoms with Gasteiger partial charge in [0, 0.05) is 25.3 Å². The fraction of sp³-hybridized carbons (Fsp3) is 0.733. The van der Waals surface area contributed by atoms with E-state index < -0.39 is 11.7 Å². The Labute approximate surface area is 137 Å². The van der Waals surface area contributed by atoms with Crippen molar-refractivity contribution in [3.63, 3.8) is 0 Å². The fourth-order valence-corrected chi connectivity index (χ4v) is 2.02. The summed E-state index contributed by atoms with van der Waals surface area (Å²) < 4.78 is 10.4. The first-order valence-electron chi connectivity index (χ1n) is 7.80. The molecule has 1 heterocycles. The van der Waals surface area contributed by atoms with E-state index in [1.54, 1.807) is 13.3 Å². The molecule has 0 aliphatic carbocycles. The van der Waals surface area contributed by atoms with Crippen LogP contribution in [0.25, 0.3) is 0 Å². The monoisotopic (exact) mass is 327 g/mol. The van der Waals surface area contributed by atoms with Crippen LogP contribution in [0.4, 0.5) is 10.6 Å². The molecule has 132 valence electrons. The zero-order chi connectivity index (χ0) is 17.3. The van der Waals surface area contributed by atoms with Crippen molar-refractivity contribution < 1.29 is 14.3 Å². The van der Waals surface area contributed by atoms with Crippen molar-refractivity contribution >= 4 is 11.9 Å². The van der Waals surface area contributed by atoms with Crippen LogP contribution in [0.2, 0.25) is 0 Å². The molecule has 0 aliphatic rings. The van der Waals surface area contributed by atoms with E-state index in [4.69, 9.17) is 15.2 Å². The number of anilines is 1. The second-order valence-corrected chi connectivity index (χ2v) is 6.36. The van der Waals surface area contributed by atoms with Gasteiger partial charge in [-0.15, -0.1) is 0 Å². The molecule has 23 heavy (non-hydrogen) atoms. The number of nitrogens with one attached hydrogen (secondary N) is 3. The lowest BCUT2D eigenvalue weighted by Crippen LogP contribution is -2.33. The Hall–Kier alpha value is -1.64. The highest BCUT2D eigenvalue weighted by molar-refractivity contribution is 5.84. The number of nitrogens with zero attached hydrogens (tertiary/aromatic N) is 1. The molecule has 1 rings (SSSR count). The van der Waals surface area contributed by atoms with Crippen molar-refractivity contribution in [1.29, 1.82) is 0 Å². The van der Waals surface area contributed by atoms with Crippen molar-refractivity contribution in [2.45, 2.75) is 51.8 Å². The molecule has 0 fully saturated rings. The molecular formula is C15H29N5O3. The van der Waals surface area contributed by atoms with Crippen LogP contribution in [0, 0.1) is 0 Å². The fourth-order valence-electron chi connectivity index (χ4n) is 2.02. The first-order valence-corrected chi connectivity index (χ1v) is 7.80. The van der Waals surface area contributed by atoms with Gasteiger partial charge in [-0.3, -0.25) is 10.4 Å². The van der Waals surface area contributed by atoms with Gasteiger partial charge in [0.2, 0.25) is 0 Å². The number of rotatable bonds is 9. The minimum Gasteiger partial charge on any atom is -0.444 e. The van der Waals surface area contributed by atoms with Crippen molar-refractivity contribution in [3.8, 4) is 0 Å². The molecule has 1 atom stereocenters. The number of hydrogen-bond donors (Lipinski definition) is 4. The number of methoxy groups -OCH3 is 1. The average molecular weight is 327 g/mol. The largest absolute Gasteiger partial charge is 0.444 e. The van der Waals surface area contributed by atoms with E-state index in [1.807, 2.05) is 20.8 Å². The summed E-state index contributed by atoms with van der Waals surface area (Å²) in [5.41, 5.74) is 5.85. The minimum absolute atomic E-state index is 0.202. The highest BCUT2D eigenvalue weighted by Gasteiger charge is 2.18. The Morgan fingerprint density at radius 2 is 2.22 bits per heavy atom. The average Bonchev–Trinajstić information content (AvgIpc) is 2.87. The number of nitrogens with two attached hydrogens (primary N) is 1. The molecule has 1 amide bonds. The van der Waals surface area contributed by atoms with Gasteiger partial charge in [-0.25, -0.2) is 4.79 Å². The summed E-state index contributed by atoms with van der Waals surface area (Å²) >= 11 is 0. The van der Waals surface area contributed by atoms with E-state index in [1.165, 1.54) is 0 Å². The Kier molecular flexibility index (Phi) is 8.01. The smallest absolute Gasteiger partial charge is 0.413 e. The van der Waals surface area contributed by atoms with Crippen molar-refractivity contribution in [1.82, 2.24) is 15.5 Å². The maximum atomic E-state index is 11.8. The van der Waals surface area contributed by atoms with E-state index in [0.29, 0.717) is 25.5 Å². The van der Waals surface area contributed by atoms with Crippen molar-refractivity contribution in [2.75, 3.05) is 25.6 Å². The van der Waals surface area contributed by atoms with Crippen LogP contribution in [-0.4, -0.2) is 48.2 Å². The van der Waals surface area contributed by atoms with Gasteiger partial charge in [-0.1, -0.05) is 0 Å². The normalized spacial score (nSPS) is 12.9. The van der Waals surface area contributed by atoms with Crippen LogP contribution in [0.5, 0.6) is 0 Å². The third-order valence-electron chi connectivity index (χ3n) is 3.05. The first kappa shape index (κ1) is 19.4. The maximum absolute atomic E-state index is 11.8. The minimum atomic E-state index is -0.547. The molecule has 0 aromatic carbocycles.